The van der Waals surface area contributed by atoms with Gasteiger partial charge < -0.3 is 18.5 Å². The number of aryl methyl sites for hydroxylation is 1. The number of aliphatic imine (C=N–C) groups is 1. The second-order valence-electron chi connectivity index (χ2n) is 8.51. The molecule has 0 spiro atoms. The Morgan fingerprint density at radius 3 is 2.64 bits per heavy atom. The van der Waals surface area contributed by atoms with E-state index in [0.29, 0.717) is 22.4 Å². The highest BCUT2D eigenvalue weighted by molar-refractivity contribution is 8.18. The fourth-order valence-corrected chi connectivity index (χ4v) is 5.39. The summed E-state index contributed by atoms with van der Waals surface area (Å²) < 4.78 is 18.7. The van der Waals surface area contributed by atoms with E-state index in [0.717, 1.165) is 39.8 Å². The van der Waals surface area contributed by atoms with Crippen molar-refractivity contribution in [2.24, 2.45) is 4.99 Å². The molecule has 0 bridgehead atoms. The average molecular weight is 498 g/mol. The Hall–Kier alpha value is -4.17. The molecule has 2 aromatic heterocycles. The molecule has 6 rings (SSSR count). The number of thioether (sulfide) groups is 1. The maximum Gasteiger partial charge on any atom is 0.267 e. The molecule has 4 heterocycles. The first kappa shape index (κ1) is 22.3. The van der Waals surface area contributed by atoms with Gasteiger partial charge in [0, 0.05) is 23.1 Å². The van der Waals surface area contributed by atoms with E-state index in [4.69, 9.17) is 18.9 Å². The molecule has 7 nitrogen and oxygen atoms in total. The molecular formula is C28H23N3O4S. The summed E-state index contributed by atoms with van der Waals surface area (Å²) in [6.07, 6.45) is 3.56. The molecule has 36 heavy (non-hydrogen) atoms. The quantitative estimate of drug-likeness (QED) is 0.306. The number of hydrogen-bond donors (Lipinski definition) is 0. The monoisotopic (exact) mass is 497 g/mol. The first-order valence-corrected chi connectivity index (χ1v) is 12.3. The second kappa shape index (κ2) is 9.13. The molecule has 1 amide bonds. The third-order valence-corrected chi connectivity index (χ3v) is 7.14. The minimum atomic E-state index is -0.0982. The number of benzene rings is 2. The summed E-state index contributed by atoms with van der Waals surface area (Å²) >= 11 is 1.37. The number of fused-ring (bicyclic) bond motifs is 1. The molecule has 0 radical (unpaired) electrons. The maximum absolute atomic E-state index is 13.5. The molecule has 1 fully saturated rings. The van der Waals surface area contributed by atoms with Crippen LogP contribution in [0.15, 0.2) is 87.3 Å². The van der Waals surface area contributed by atoms with Gasteiger partial charge in [-0.2, -0.15) is 0 Å². The van der Waals surface area contributed by atoms with E-state index in [1.165, 1.54) is 11.8 Å². The molecule has 0 N–H and O–H groups in total. The Labute approximate surface area is 212 Å². The first-order valence-electron chi connectivity index (χ1n) is 11.5. The number of carbonyl (C=O) groups excluding carboxylic acids is 1. The van der Waals surface area contributed by atoms with Gasteiger partial charge in [-0.15, -0.1) is 0 Å². The third kappa shape index (κ3) is 4.09. The fraction of sp³-hybridized carbons (Fsp3) is 0.143. The zero-order chi connectivity index (χ0) is 24.6. The third-order valence-electron chi connectivity index (χ3n) is 6.13. The molecule has 2 aromatic carbocycles. The molecule has 2 aliphatic heterocycles. The summed E-state index contributed by atoms with van der Waals surface area (Å²) in [7, 11) is 0. The molecule has 2 aliphatic rings. The van der Waals surface area contributed by atoms with Gasteiger partial charge in [-0.05, 0) is 79.7 Å². The highest BCUT2D eigenvalue weighted by Gasteiger charge is 2.34. The Balaban J connectivity index is 1.36. The smallest absolute Gasteiger partial charge is 0.267 e. The minimum Gasteiger partial charge on any atom is -0.467 e. The van der Waals surface area contributed by atoms with Crippen molar-refractivity contribution in [3.8, 4) is 17.2 Å². The summed E-state index contributed by atoms with van der Waals surface area (Å²) in [5.41, 5.74) is 4.83. The summed E-state index contributed by atoms with van der Waals surface area (Å²) in [6, 6.07) is 21.3. The number of hydrogen-bond acceptors (Lipinski definition) is 6. The van der Waals surface area contributed by atoms with E-state index in [1.54, 1.807) is 11.2 Å². The highest BCUT2D eigenvalue weighted by atomic mass is 32.2. The van der Waals surface area contributed by atoms with Crippen LogP contribution in [0.25, 0.3) is 11.8 Å². The van der Waals surface area contributed by atoms with Gasteiger partial charge in [0.05, 0.1) is 23.4 Å². The zero-order valence-corrected chi connectivity index (χ0v) is 20.6. The van der Waals surface area contributed by atoms with E-state index in [9.17, 15) is 4.79 Å². The van der Waals surface area contributed by atoms with Gasteiger partial charge in [0.15, 0.2) is 16.7 Å². The Morgan fingerprint density at radius 1 is 1.00 bits per heavy atom. The van der Waals surface area contributed by atoms with E-state index in [2.05, 4.69) is 17.6 Å². The number of nitrogens with zero attached hydrogens (tertiary/aromatic N) is 3. The van der Waals surface area contributed by atoms with Crippen LogP contribution in [0.4, 0.5) is 5.69 Å². The number of ether oxygens (including phenoxy) is 2. The van der Waals surface area contributed by atoms with Crippen LogP contribution < -0.4 is 9.47 Å². The summed E-state index contributed by atoms with van der Waals surface area (Å²) in [4.78, 5) is 20.6. The number of furan rings is 1. The lowest BCUT2D eigenvalue weighted by Crippen LogP contribution is -2.28. The van der Waals surface area contributed by atoms with E-state index in [-0.39, 0.29) is 12.7 Å². The number of carbonyl (C=O) groups is 1. The van der Waals surface area contributed by atoms with Gasteiger partial charge in [0.25, 0.3) is 5.91 Å². The fourth-order valence-electron chi connectivity index (χ4n) is 4.40. The number of para-hydroxylation sites is 1. The molecule has 0 atom stereocenters. The van der Waals surface area contributed by atoms with E-state index in [1.807, 2.05) is 73.7 Å². The van der Waals surface area contributed by atoms with Crippen molar-refractivity contribution >= 4 is 34.6 Å². The zero-order valence-electron chi connectivity index (χ0n) is 19.8. The van der Waals surface area contributed by atoms with Crippen LogP contribution in [-0.4, -0.2) is 27.3 Å². The van der Waals surface area contributed by atoms with Crippen LogP contribution in [-0.2, 0) is 11.3 Å². The van der Waals surface area contributed by atoms with Gasteiger partial charge in [-0.25, -0.2) is 4.99 Å². The van der Waals surface area contributed by atoms with Gasteiger partial charge in [-0.3, -0.25) is 9.69 Å². The number of aromatic nitrogens is 1. The normalized spacial score (nSPS) is 17.1. The largest absolute Gasteiger partial charge is 0.467 e. The SMILES string of the molecule is Cc1cc(/C=C2\SC(=Nc3ccccc3)N(Cc3ccco3)C2=O)c(C)n1-c1ccc2c(c1)OCO2. The summed E-state index contributed by atoms with van der Waals surface area (Å²) in [6.45, 7) is 4.65. The molecule has 180 valence electrons. The predicted octanol–water partition coefficient (Wildman–Crippen LogP) is 6.22. The minimum absolute atomic E-state index is 0.0982. The average Bonchev–Trinajstić information content (AvgIpc) is 3.66. The summed E-state index contributed by atoms with van der Waals surface area (Å²) in [5.74, 6) is 2.08. The number of amides is 1. The van der Waals surface area contributed by atoms with Gasteiger partial charge in [-0.1, -0.05) is 18.2 Å². The standard InChI is InChI=1S/C28H23N3O4S/c1-18-13-20(19(2)31(18)22-10-11-24-25(15-22)35-17-34-24)14-26-27(32)30(16-23-9-6-12-33-23)28(36-26)29-21-7-4-3-5-8-21/h3-15H,16-17H2,1-2H3/b26-14-,29-28?. The molecular weight excluding hydrogens is 474 g/mol. The van der Waals surface area contributed by atoms with Crippen molar-refractivity contribution in [1.82, 2.24) is 9.47 Å². The van der Waals surface area contributed by atoms with Crippen molar-refractivity contribution in [3.05, 3.63) is 101 Å². The van der Waals surface area contributed by atoms with Crippen molar-refractivity contribution in [2.75, 3.05) is 6.79 Å². The maximum atomic E-state index is 13.5. The van der Waals surface area contributed by atoms with Crippen molar-refractivity contribution in [1.29, 1.82) is 0 Å². The Morgan fingerprint density at radius 2 is 1.83 bits per heavy atom. The van der Waals surface area contributed by atoms with Crippen LogP contribution in [0, 0.1) is 13.8 Å². The molecule has 1 saturated heterocycles. The molecule has 0 aliphatic carbocycles. The number of amidine groups is 1. The lowest BCUT2D eigenvalue weighted by molar-refractivity contribution is -0.122. The highest BCUT2D eigenvalue weighted by Crippen LogP contribution is 2.38. The predicted molar refractivity (Wildman–Crippen MR) is 140 cm³/mol. The van der Waals surface area contributed by atoms with Gasteiger partial charge >= 0.3 is 0 Å². The Bertz CT molecular complexity index is 1500. The van der Waals surface area contributed by atoms with Gasteiger partial charge in [0.2, 0.25) is 6.79 Å². The van der Waals surface area contributed by atoms with Crippen LogP contribution in [0.5, 0.6) is 11.5 Å². The van der Waals surface area contributed by atoms with Crippen molar-refractivity contribution in [2.45, 2.75) is 20.4 Å². The Kier molecular flexibility index (Phi) is 5.65. The topological polar surface area (TPSA) is 69.2 Å². The lowest BCUT2D eigenvalue weighted by atomic mass is 10.2. The lowest BCUT2D eigenvalue weighted by Gasteiger charge is -2.13. The van der Waals surface area contributed by atoms with Gasteiger partial charge in [0.1, 0.15) is 5.76 Å². The molecule has 0 unspecified atom stereocenters. The van der Waals surface area contributed by atoms with Crippen LogP contribution >= 0.6 is 11.8 Å². The molecule has 8 heteroatoms. The second-order valence-corrected chi connectivity index (χ2v) is 9.52. The first-order chi connectivity index (χ1) is 17.6. The van der Waals surface area contributed by atoms with E-state index < -0.39 is 0 Å². The molecule has 4 aromatic rings. The van der Waals surface area contributed by atoms with Crippen molar-refractivity contribution in [3.63, 3.8) is 0 Å². The van der Waals surface area contributed by atoms with Crippen LogP contribution in [0.1, 0.15) is 22.7 Å². The molecule has 0 saturated carbocycles. The summed E-state index contributed by atoms with van der Waals surface area (Å²) in [5, 5.41) is 0.624. The van der Waals surface area contributed by atoms with Crippen LogP contribution in [0.2, 0.25) is 0 Å². The van der Waals surface area contributed by atoms with E-state index >= 15 is 0 Å². The van der Waals surface area contributed by atoms with Crippen LogP contribution in [0.3, 0.4) is 0 Å². The number of rotatable bonds is 5. The van der Waals surface area contributed by atoms with Crippen molar-refractivity contribution < 1.29 is 18.7 Å².